The summed E-state index contributed by atoms with van der Waals surface area (Å²) < 4.78 is 39.8. The van der Waals surface area contributed by atoms with Gasteiger partial charge in [0.1, 0.15) is 0 Å². The third kappa shape index (κ3) is 3.50. The molecule has 27 heavy (non-hydrogen) atoms. The Kier molecular flexibility index (Phi) is 4.65. The van der Waals surface area contributed by atoms with Crippen molar-refractivity contribution >= 4 is 23.5 Å². The largest absolute Gasteiger partial charge is 0.481 e. The zero-order valence-electron chi connectivity index (χ0n) is 14.5. The molecular formula is C18H19F3N2O4. The predicted octanol–water partition coefficient (Wildman–Crippen LogP) is 2.76. The van der Waals surface area contributed by atoms with Crippen molar-refractivity contribution in [3.63, 3.8) is 0 Å². The number of aliphatic carboxylic acids is 1. The molecule has 3 rings (SSSR count). The summed E-state index contributed by atoms with van der Waals surface area (Å²) in [5.74, 6) is -2.59. The van der Waals surface area contributed by atoms with Crippen LogP contribution in [0.5, 0.6) is 0 Å². The summed E-state index contributed by atoms with van der Waals surface area (Å²) in [6, 6.07) is 5.92. The van der Waals surface area contributed by atoms with Crippen molar-refractivity contribution in [2.45, 2.75) is 25.9 Å². The lowest BCUT2D eigenvalue weighted by Gasteiger charge is -2.27. The highest BCUT2D eigenvalue weighted by molar-refractivity contribution is 5.98. The Labute approximate surface area is 153 Å². The number of anilines is 1. The Balaban J connectivity index is 1.74. The summed E-state index contributed by atoms with van der Waals surface area (Å²) in [5, 5.41) is 11.8. The van der Waals surface area contributed by atoms with E-state index in [0.717, 1.165) is 11.3 Å². The first-order valence-corrected chi connectivity index (χ1v) is 8.55. The van der Waals surface area contributed by atoms with Gasteiger partial charge in [0, 0.05) is 30.3 Å². The van der Waals surface area contributed by atoms with Gasteiger partial charge < -0.3 is 15.3 Å². The van der Waals surface area contributed by atoms with Crippen LogP contribution in [0.1, 0.15) is 30.1 Å². The van der Waals surface area contributed by atoms with E-state index in [0.29, 0.717) is 11.6 Å². The van der Waals surface area contributed by atoms with Crippen LogP contribution in [0.25, 0.3) is 0 Å². The van der Waals surface area contributed by atoms with Crippen molar-refractivity contribution in [3.05, 3.63) is 29.8 Å². The number of benzene rings is 1. The molecule has 146 valence electrons. The van der Waals surface area contributed by atoms with E-state index in [-0.39, 0.29) is 23.9 Å². The molecule has 0 spiro atoms. The van der Waals surface area contributed by atoms with Gasteiger partial charge in [0.15, 0.2) is 5.41 Å². The fraction of sp³-hybridized carbons (Fsp3) is 0.500. The van der Waals surface area contributed by atoms with E-state index in [1.165, 1.54) is 18.2 Å². The van der Waals surface area contributed by atoms with E-state index in [2.05, 4.69) is 5.32 Å². The van der Waals surface area contributed by atoms with Gasteiger partial charge in [-0.3, -0.25) is 14.4 Å². The molecule has 3 unspecified atom stereocenters. The minimum atomic E-state index is -4.95. The first-order valence-electron chi connectivity index (χ1n) is 8.55. The van der Waals surface area contributed by atoms with Crippen molar-refractivity contribution in [2.24, 2.45) is 17.3 Å². The molecule has 1 aliphatic heterocycles. The van der Waals surface area contributed by atoms with E-state index in [9.17, 15) is 27.6 Å². The molecule has 6 nitrogen and oxygen atoms in total. The summed E-state index contributed by atoms with van der Waals surface area (Å²) in [4.78, 5) is 36.7. The monoisotopic (exact) mass is 384 g/mol. The standard InChI is InChI=1S/C18H19F3N2O4/c1-10-7-13(10)14(24)22-12-4-2-3-11(8-12)15(25)23-6-5-17(9-23,16(26)27)18(19,20)21/h2-4,8,10,13H,5-7,9H2,1H3,(H,22,24)(H,26,27). The fourth-order valence-corrected chi connectivity index (χ4v) is 3.35. The summed E-state index contributed by atoms with van der Waals surface area (Å²) in [6.07, 6.45) is -4.84. The molecule has 2 aliphatic rings. The lowest BCUT2D eigenvalue weighted by atomic mass is 9.86. The number of nitrogens with zero attached hydrogens (tertiary/aromatic N) is 1. The topological polar surface area (TPSA) is 86.7 Å². The summed E-state index contributed by atoms with van der Waals surface area (Å²) in [7, 11) is 0. The smallest absolute Gasteiger partial charge is 0.406 e. The number of carbonyl (C=O) groups excluding carboxylic acids is 2. The number of likely N-dealkylation sites (tertiary alicyclic amines) is 1. The maximum Gasteiger partial charge on any atom is 0.406 e. The van der Waals surface area contributed by atoms with Crippen LogP contribution in [-0.2, 0) is 9.59 Å². The summed E-state index contributed by atoms with van der Waals surface area (Å²) in [5.41, 5.74) is -2.47. The van der Waals surface area contributed by atoms with Gasteiger partial charge in [-0.1, -0.05) is 13.0 Å². The van der Waals surface area contributed by atoms with Crippen molar-refractivity contribution in [1.82, 2.24) is 4.90 Å². The van der Waals surface area contributed by atoms with Gasteiger partial charge in [-0.15, -0.1) is 0 Å². The van der Waals surface area contributed by atoms with Gasteiger partial charge in [0.2, 0.25) is 5.91 Å². The molecule has 3 atom stereocenters. The van der Waals surface area contributed by atoms with E-state index in [4.69, 9.17) is 5.11 Å². The highest BCUT2D eigenvalue weighted by atomic mass is 19.4. The highest BCUT2D eigenvalue weighted by Crippen LogP contribution is 2.46. The van der Waals surface area contributed by atoms with Crippen LogP contribution in [0.15, 0.2) is 24.3 Å². The number of rotatable bonds is 4. The molecule has 1 heterocycles. The number of nitrogens with one attached hydrogen (secondary N) is 1. The first-order chi connectivity index (χ1) is 12.5. The number of carboxylic acid groups (broad SMARTS) is 1. The quantitative estimate of drug-likeness (QED) is 0.836. The normalized spacial score (nSPS) is 27.3. The molecule has 2 amide bonds. The molecule has 1 aromatic rings. The lowest BCUT2D eigenvalue weighted by Crippen LogP contribution is -2.47. The minimum absolute atomic E-state index is 0.0640. The van der Waals surface area contributed by atoms with Crippen molar-refractivity contribution in [3.8, 4) is 0 Å². The van der Waals surface area contributed by atoms with Crippen LogP contribution in [0.4, 0.5) is 18.9 Å². The molecule has 2 fully saturated rings. The molecule has 2 N–H and O–H groups in total. The second-order valence-electron chi connectivity index (χ2n) is 7.25. The number of hydrogen-bond donors (Lipinski definition) is 2. The maximum absolute atomic E-state index is 13.3. The van der Waals surface area contributed by atoms with Crippen LogP contribution >= 0.6 is 0 Å². The van der Waals surface area contributed by atoms with Gasteiger partial charge in [0.25, 0.3) is 5.91 Å². The zero-order valence-corrected chi connectivity index (χ0v) is 14.5. The van der Waals surface area contributed by atoms with Gasteiger partial charge >= 0.3 is 12.1 Å². The minimum Gasteiger partial charge on any atom is -0.481 e. The number of alkyl halides is 3. The van der Waals surface area contributed by atoms with Crippen molar-refractivity contribution < 1.29 is 32.7 Å². The molecular weight excluding hydrogens is 365 g/mol. The van der Waals surface area contributed by atoms with Gasteiger partial charge in [-0.2, -0.15) is 13.2 Å². The van der Waals surface area contributed by atoms with Gasteiger partial charge in [0.05, 0.1) is 0 Å². The van der Waals surface area contributed by atoms with Gasteiger partial charge in [-0.05, 0) is 37.0 Å². The Hall–Kier alpha value is -2.58. The van der Waals surface area contributed by atoms with Crippen molar-refractivity contribution in [1.29, 1.82) is 0 Å². The summed E-state index contributed by atoms with van der Waals surface area (Å²) in [6.45, 7) is 0.717. The SMILES string of the molecule is CC1CC1C(=O)Nc1cccc(C(=O)N2CCC(C(=O)O)(C(F)(F)F)C2)c1. The number of carboxylic acids is 1. The van der Waals surface area contributed by atoms with Gasteiger partial charge in [-0.25, -0.2) is 0 Å². The highest BCUT2D eigenvalue weighted by Gasteiger charge is 2.64. The Morgan fingerprint density at radius 3 is 2.48 bits per heavy atom. The average Bonchev–Trinajstić information content (AvgIpc) is 3.14. The fourth-order valence-electron chi connectivity index (χ4n) is 3.35. The zero-order chi connectivity index (χ0) is 20.0. The summed E-state index contributed by atoms with van der Waals surface area (Å²) >= 11 is 0. The molecule has 1 aliphatic carbocycles. The lowest BCUT2D eigenvalue weighted by molar-refractivity contribution is -0.227. The van der Waals surface area contributed by atoms with Crippen LogP contribution in [-0.4, -0.2) is 47.1 Å². The van der Waals surface area contributed by atoms with Crippen LogP contribution in [0.2, 0.25) is 0 Å². The van der Waals surface area contributed by atoms with Crippen LogP contribution < -0.4 is 5.32 Å². The third-order valence-corrected chi connectivity index (χ3v) is 5.33. The van der Waals surface area contributed by atoms with Crippen LogP contribution in [0, 0.1) is 17.3 Å². The number of hydrogen-bond acceptors (Lipinski definition) is 3. The molecule has 0 bridgehead atoms. The van der Waals surface area contributed by atoms with E-state index >= 15 is 0 Å². The predicted molar refractivity (Wildman–Crippen MR) is 89.0 cm³/mol. The second-order valence-corrected chi connectivity index (χ2v) is 7.25. The number of halogens is 3. The first kappa shape index (κ1) is 19.2. The Morgan fingerprint density at radius 2 is 1.96 bits per heavy atom. The molecule has 9 heteroatoms. The molecule has 0 aromatic heterocycles. The number of amides is 2. The molecule has 1 saturated carbocycles. The van der Waals surface area contributed by atoms with Crippen molar-refractivity contribution in [2.75, 3.05) is 18.4 Å². The van der Waals surface area contributed by atoms with E-state index in [1.807, 2.05) is 6.92 Å². The number of carbonyl (C=O) groups is 3. The molecule has 0 radical (unpaired) electrons. The van der Waals surface area contributed by atoms with E-state index in [1.54, 1.807) is 6.07 Å². The molecule has 1 saturated heterocycles. The second kappa shape index (κ2) is 6.54. The average molecular weight is 384 g/mol. The Morgan fingerprint density at radius 1 is 1.30 bits per heavy atom. The molecule has 1 aromatic carbocycles. The van der Waals surface area contributed by atoms with E-state index < -0.39 is 36.4 Å². The third-order valence-electron chi connectivity index (χ3n) is 5.33. The maximum atomic E-state index is 13.3. The Bertz CT molecular complexity index is 795. The van der Waals surface area contributed by atoms with Crippen LogP contribution in [0.3, 0.4) is 0 Å².